The lowest BCUT2D eigenvalue weighted by atomic mass is 10.1. The Morgan fingerprint density at radius 1 is 1.40 bits per heavy atom. The van der Waals surface area contributed by atoms with Crippen LogP contribution in [0.3, 0.4) is 0 Å². The number of aromatic hydroxyl groups is 1. The van der Waals surface area contributed by atoms with Gasteiger partial charge in [0.25, 0.3) is 0 Å². The molecule has 5 heteroatoms. The molecular formula is C10H14BrNO3. The highest BCUT2D eigenvalue weighted by Crippen LogP contribution is 2.44. The summed E-state index contributed by atoms with van der Waals surface area (Å²) < 4.78 is 10.9. The maximum atomic E-state index is 9.75. The van der Waals surface area contributed by atoms with Crippen LogP contribution < -0.4 is 15.2 Å². The highest BCUT2D eigenvalue weighted by molar-refractivity contribution is 9.10. The smallest absolute Gasteiger partial charge is 0.175 e. The van der Waals surface area contributed by atoms with Gasteiger partial charge >= 0.3 is 0 Å². The average molecular weight is 276 g/mol. The fraction of sp³-hybridized carbons (Fsp3) is 0.400. The second-order valence-corrected chi connectivity index (χ2v) is 3.94. The van der Waals surface area contributed by atoms with Crippen molar-refractivity contribution < 1.29 is 14.6 Å². The van der Waals surface area contributed by atoms with E-state index in [1.165, 1.54) is 20.3 Å². The summed E-state index contributed by atoms with van der Waals surface area (Å²) in [6, 6.07) is 1.20. The normalized spacial score (nSPS) is 12.3. The van der Waals surface area contributed by atoms with E-state index in [4.69, 9.17) is 15.2 Å². The maximum Gasteiger partial charge on any atom is 0.175 e. The molecule has 0 saturated heterocycles. The van der Waals surface area contributed by atoms with Crippen molar-refractivity contribution in [3.8, 4) is 17.2 Å². The summed E-state index contributed by atoms with van der Waals surface area (Å²) in [5.41, 5.74) is 6.35. The summed E-state index contributed by atoms with van der Waals surface area (Å²) in [4.78, 5) is 0. The quantitative estimate of drug-likeness (QED) is 0.888. The fourth-order valence-corrected chi connectivity index (χ4v) is 2.31. The first-order chi connectivity index (χ1) is 7.02. The Morgan fingerprint density at radius 3 is 2.40 bits per heavy atom. The number of hydrogen-bond acceptors (Lipinski definition) is 4. The Bertz CT molecular complexity index is 366. The van der Waals surface area contributed by atoms with Gasteiger partial charge in [-0.25, -0.2) is 0 Å². The minimum absolute atomic E-state index is 0.0922. The molecule has 0 saturated carbocycles. The largest absolute Gasteiger partial charge is 0.507 e. The first-order valence-electron chi connectivity index (χ1n) is 4.41. The summed E-state index contributed by atoms with van der Waals surface area (Å²) in [6.45, 7) is 1.78. The van der Waals surface area contributed by atoms with Crippen molar-refractivity contribution in [2.75, 3.05) is 14.2 Å². The molecular weight excluding hydrogens is 262 g/mol. The molecule has 15 heavy (non-hydrogen) atoms. The van der Waals surface area contributed by atoms with Crippen LogP contribution in [0.5, 0.6) is 17.2 Å². The molecule has 0 spiro atoms. The summed E-state index contributed by atoms with van der Waals surface area (Å²) in [5.74, 6) is 1.09. The number of ether oxygens (including phenoxy) is 2. The summed E-state index contributed by atoms with van der Waals surface area (Å²) in [7, 11) is 3.04. The number of nitrogens with two attached hydrogens (primary N) is 1. The van der Waals surface area contributed by atoms with Crippen LogP contribution in [0.2, 0.25) is 0 Å². The topological polar surface area (TPSA) is 64.7 Å². The van der Waals surface area contributed by atoms with Crippen molar-refractivity contribution >= 4 is 15.9 Å². The van der Waals surface area contributed by atoms with E-state index in [0.717, 1.165) is 0 Å². The predicted molar refractivity (Wildman–Crippen MR) is 61.5 cm³/mol. The van der Waals surface area contributed by atoms with Crippen LogP contribution in [0.4, 0.5) is 0 Å². The second-order valence-electron chi connectivity index (χ2n) is 3.15. The van der Waals surface area contributed by atoms with E-state index in [2.05, 4.69) is 15.9 Å². The maximum absolute atomic E-state index is 9.75. The van der Waals surface area contributed by atoms with Crippen molar-refractivity contribution in [1.82, 2.24) is 0 Å². The Balaban J connectivity index is 3.44. The number of rotatable bonds is 3. The summed E-state index contributed by atoms with van der Waals surface area (Å²) in [5, 5.41) is 9.75. The van der Waals surface area contributed by atoms with Crippen molar-refractivity contribution in [2.24, 2.45) is 5.73 Å². The third-order valence-electron chi connectivity index (χ3n) is 2.08. The highest BCUT2D eigenvalue weighted by Gasteiger charge is 2.19. The molecule has 1 atom stereocenters. The van der Waals surface area contributed by atoms with Gasteiger partial charge in [0, 0.05) is 17.7 Å². The van der Waals surface area contributed by atoms with Gasteiger partial charge in [-0.1, -0.05) is 0 Å². The number of methoxy groups -OCH3 is 2. The molecule has 4 nitrogen and oxygen atoms in total. The van der Waals surface area contributed by atoms with Crippen LogP contribution in [0.15, 0.2) is 10.5 Å². The second kappa shape index (κ2) is 4.72. The lowest BCUT2D eigenvalue weighted by Gasteiger charge is -2.16. The molecule has 0 aliphatic heterocycles. The number of phenolic OH excluding ortho intramolecular Hbond substituents is 1. The minimum Gasteiger partial charge on any atom is -0.507 e. The van der Waals surface area contributed by atoms with Crippen LogP contribution in [0, 0.1) is 0 Å². The molecule has 0 bridgehead atoms. The van der Waals surface area contributed by atoms with Gasteiger partial charge in [0.2, 0.25) is 0 Å². The molecule has 1 unspecified atom stereocenters. The number of hydrogen-bond donors (Lipinski definition) is 2. The summed E-state index contributed by atoms with van der Waals surface area (Å²) >= 11 is 3.34. The van der Waals surface area contributed by atoms with Crippen molar-refractivity contribution in [3.05, 3.63) is 16.1 Å². The Kier molecular flexibility index (Phi) is 3.82. The van der Waals surface area contributed by atoms with Gasteiger partial charge < -0.3 is 20.3 Å². The minimum atomic E-state index is -0.292. The zero-order chi connectivity index (χ0) is 11.6. The molecule has 0 aliphatic rings. The van der Waals surface area contributed by atoms with Gasteiger partial charge in [0.1, 0.15) is 5.75 Å². The van der Waals surface area contributed by atoms with E-state index >= 15 is 0 Å². The molecule has 0 radical (unpaired) electrons. The van der Waals surface area contributed by atoms with Gasteiger partial charge in [-0.2, -0.15) is 0 Å². The number of halogens is 1. The zero-order valence-electron chi connectivity index (χ0n) is 8.87. The van der Waals surface area contributed by atoms with Crippen molar-refractivity contribution in [2.45, 2.75) is 13.0 Å². The Morgan fingerprint density at radius 2 is 2.00 bits per heavy atom. The van der Waals surface area contributed by atoms with E-state index in [0.29, 0.717) is 21.5 Å². The number of benzene rings is 1. The van der Waals surface area contributed by atoms with Gasteiger partial charge in [-0.15, -0.1) is 0 Å². The van der Waals surface area contributed by atoms with E-state index in [-0.39, 0.29) is 11.8 Å². The molecule has 0 fully saturated rings. The number of phenols is 1. The fourth-order valence-electron chi connectivity index (χ4n) is 1.39. The standard InChI is InChI=1S/C10H14BrNO3/c1-5(12)8-6(13)4-7(14-2)10(15-3)9(8)11/h4-5,13H,12H2,1-3H3. The highest BCUT2D eigenvalue weighted by atomic mass is 79.9. The molecule has 0 aliphatic carbocycles. The zero-order valence-corrected chi connectivity index (χ0v) is 10.5. The predicted octanol–water partition coefficient (Wildman–Crippen LogP) is 2.19. The van der Waals surface area contributed by atoms with Crippen molar-refractivity contribution in [1.29, 1.82) is 0 Å². The van der Waals surface area contributed by atoms with Crippen LogP contribution >= 0.6 is 15.9 Å². The van der Waals surface area contributed by atoms with Gasteiger partial charge in [-0.3, -0.25) is 0 Å². The molecule has 0 aromatic heterocycles. The van der Waals surface area contributed by atoms with E-state index in [1.54, 1.807) is 6.92 Å². The first kappa shape index (κ1) is 12.1. The lowest BCUT2D eigenvalue weighted by Crippen LogP contribution is -2.07. The molecule has 0 heterocycles. The van der Waals surface area contributed by atoms with E-state index in [9.17, 15) is 5.11 Å². The SMILES string of the molecule is COc1cc(O)c(C(C)N)c(Br)c1OC. The first-order valence-corrected chi connectivity index (χ1v) is 5.21. The van der Waals surface area contributed by atoms with Crippen LogP contribution in [0.1, 0.15) is 18.5 Å². The molecule has 3 N–H and O–H groups in total. The third-order valence-corrected chi connectivity index (χ3v) is 2.87. The monoisotopic (exact) mass is 275 g/mol. The molecule has 84 valence electrons. The van der Waals surface area contributed by atoms with Crippen LogP contribution in [-0.4, -0.2) is 19.3 Å². The van der Waals surface area contributed by atoms with Crippen molar-refractivity contribution in [3.63, 3.8) is 0 Å². The van der Waals surface area contributed by atoms with Gasteiger partial charge in [0.15, 0.2) is 11.5 Å². The average Bonchev–Trinajstić information content (AvgIpc) is 2.16. The van der Waals surface area contributed by atoms with E-state index in [1.807, 2.05) is 0 Å². The molecule has 1 aromatic carbocycles. The summed E-state index contributed by atoms with van der Waals surface area (Å²) in [6.07, 6.45) is 0. The van der Waals surface area contributed by atoms with Crippen LogP contribution in [0.25, 0.3) is 0 Å². The molecule has 0 amide bonds. The van der Waals surface area contributed by atoms with E-state index < -0.39 is 0 Å². The van der Waals surface area contributed by atoms with Crippen LogP contribution in [-0.2, 0) is 0 Å². The van der Waals surface area contributed by atoms with Gasteiger partial charge in [0.05, 0.1) is 18.7 Å². The third kappa shape index (κ3) is 2.18. The molecule has 1 rings (SSSR count). The van der Waals surface area contributed by atoms with Gasteiger partial charge in [-0.05, 0) is 22.9 Å². The Labute approximate surface area is 97.1 Å². The molecule has 1 aromatic rings. The lowest BCUT2D eigenvalue weighted by molar-refractivity contribution is 0.347. The Hall–Kier alpha value is -0.940.